The number of ether oxygens (including phenoxy) is 1. The smallest absolute Gasteiger partial charge is 0.0587 e. The zero-order valence-corrected chi connectivity index (χ0v) is 12.9. The average Bonchev–Trinajstić information content (AvgIpc) is 2.45. The molecule has 2 heterocycles. The minimum Gasteiger partial charge on any atom is -0.378 e. The van der Waals surface area contributed by atoms with Crippen molar-refractivity contribution in [3.8, 4) is 0 Å². The van der Waals surface area contributed by atoms with E-state index in [0.29, 0.717) is 6.10 Å². The van der Waals surface area contributed by atoms with Gasteiger partial charge in [0, 0.05) is 25.2 Å². The lowest BCUT2D eigenvalue weighted by atomic mass is 9.97. The summed E-state index contributed by atoms with van der Waals surface area (Å²) in [6.45, 7) is 9.29. The molecule has 19 heavy (non-hydrogen) atoms. The van der Waals surface area contributed by atoms with Crippen LogP contribution in [0.5, 0.6) is 0 Å². The van der Waals surface area contributed by atoms with E-state index in [0.717, 1.165) is 18.7 Å². The van der Waals surface area contributed by atoms with Crippen molar-refractivity contribution in [2.45, 2.75) is 77.0 Å². The molecule has 3 heteroatoms. The van der Waals surface area contributed by atoms with Crippen molar-refractivity contribution in [2.75, 3.05) is 26.2 Å². The molecule has 3 unspecified atom stereocenters. The number of nitrogens with zero attached hydrogens (tertiary/aromatic N) is 1. The van der Waals surface area contributed by atoms with Gasteiger partial charge in [-0.3, -0.25) is 0 Å². The molecule has 112 valence electrons. The molecule has 0 radical (unpaired) electrons. The molecule has 0 aromatic rings. The van der Waals surface area contributed by atoms with Crippen molar-refractivity contribution in [1.82, 2.24) is 10.2 Å². The van der Waals surface area contributed by atoms with Crippen molar-refractivity contribution in [1.29, 1.82) is 0 Å². The molecule has 0 spiro atoms. The summed E-state index contributed by atoms with van der Waals surface area (Å²) >= 11 is 0. The Labute approximate surface area is 119 Å². The van der Waals surface area contributed by atoms with E-state index in [1.807, 2.05) is 0 Å². The highest BCUT2D eigenvalue weighted by atomic mass is 16.5. The Hall–Kier alpha value is -0.120. The quantitative estimate of drug-likeness (QED) is 0.801. The molecular weight excluding hydrogens is 236 g/mol. The van der Waals surface area contributed by atoms with Crippen LogP contribution in [0.25, 0.3) is 0 Å². The molecule has 0 saturated carbocycles. The van der Waals surface area contributed by atoms with E-state index in [9.17, 15) is 0 Å². The Balaban J connectivity index is 1.64. The predicted octanol–water partition coefficient (Wildman–Crippen LogP) is 2.80. The van der Waals surface area contributed by atoms with Crippen LogP contribution in [-0.2, 0) is 4.74 Å². The zero-order chi connectivity index (χ0) is 13.5. The lowest BCUT2D eigenvalue weighted by Crippen LogP contribution is -2.48. The number of hydrogen-bond donors (Lipinski definition) is 1. The van der Waals surface area contributed by atoms with E-state index in [1.165, 1.54) is 64.6 Å². The highest BCUT2D eigenvalue weighted by Crippen LogP contribution is 2.20. The van der Waals surface area contributed by atoms with Gasteiger partial charge in [-0.25, -0.2) is 0 Å². The first-order valence-electron chi connectivity index (χ1n) is 8.38. The zero-order valence-electron chi connectivity index (χ0n) is 12.9. The van der Waals surface area contributed by atoms with Crippen LogP contribution < -0.4 is 5.32 Å². The summed E-state index contributed by atoms with van der Waals surface area (Å²) in [6.07, 6.45) is 9.55. The highest BCUT2D eigenvalue weighted by molar-refractivity contribution is 4.83. The molecule has 0 bridgehead atoms. The van der Waals surface area contributed by atoms with E-state index in [1.54, 1.807) is 0 Å². The van der Waals surface area contributed by atoms with E-state index in [4.69, 9.17) is 4.74 Å². The molecule has 2 aliphatic rings. The molecule has 0 aliphatic carbocycles. The van der Waals surface area contributed by atoms with Gasteiger partial charge in [-0.15, -0.1) is 0 Å². The fourth-order valence-electron chi connectivity index (χ4n) is 3.43. The molecule has 0 amide bonds. The second-order valence-electron chi connectivity index (χ2n) is 6.34. The van der Waals surface area contributed by atoms with Gasteiger partial charge >= 0.3 is 0 Å². The molecular formula is C16H32N2O. The van der Waals surface area contributed by atoms with E-state index in [2.05, 4.69) is 24.1 Å². The third kappa shape index (κ3) is 5.05. The Morgan fingerprint density at radius 2 is 2.16 bits per heavy atom. The van der Waals surface area contributed by atoms with Crippen molar-refractivity contribution in [3.05, 3.63) is 0 Å². The normalized spacial score (nSPS) is 33.5. The maximum absolute atomic E-state index is 5.84. The second-order valence-corrected chi connectivity index (χ2v) is 6.34. The molecule has 2 fully saturated rings. The molecule has 0 aromatic heterocycles. The topological polar surface area (TPSA) is 24.5 Å². The minimum absolute atomic E-state index is 0.539. The van der Waals surface area contributed by atoms with Crippen LogP contribution in [0.3, 0.4) is 0 Å². The molecule has 2 saturated heterocycles. The van der Waals surface area contributed by atoms with Crippen molar-refractivity contribution in [2.24, 2.45) is 0 Å². The van der Waals surface area contributed by atoms with Crippen LogP contribution in [0.4, 0.5) is 0 Å². The lowest BCUT2D eigenvalue weighted by Gasteiger charge is -2.39. The number of piperidine rings is 1. The number of nitrogens with one attached hydrogen (secondary N) is 1. The first-order chi connectivity index (χ1) is 9.29. The van der Waals surface area contributed by atoms with Gasteiger partial charge in [-0.1, -0.05) is 6.92 Å². The van der Waals surface area contributed by atoms with Gasteiger partial charge < -0.3 is 15.0 Å². The number of likely N-dealkylation sites (tertiary alicyclic amines) is 1. The largest absolute Gasteiger partial charge is 0.378 e. The van der Waals surface area contributed by atoms with Crippen LogP contribution in [-0.4, -0.2) is 49.3 Å². The maximum atomic E-state index is 5.84. The lowest BCUT2D eigenvalue weighted by molar-refractivity contribution is 0.000553. The highest BCUT2D eigenvalue weighted by Gasteiger charge is 2.25. The number of rotatable bonds is 6. The standard InChI is InChI=1S/C16H32N2O/c1-3-9-17-15-7-10-18(14(2)13-15)11-8-16-6-4-5-12-19-16/h14-17H,3-13H2,1-2H3. The summed E-state index contributed by atoms with van der Waals surface area (Å²) in [4.78, 5) is 2.67. The van der Waals surface area contributed by atoms with Gasteiger partial charge in [0.25, 0.3) is 0 Å². The third-order valence-electron chi connectivity index (χ3n) is 4.71. The predicted molar refractivity (Wildman–Crippen MR) is 80.6 cm³/mol. The SMILES string of the molecule is CCCNC1CCN(CCC2CCCCO2)C(C)C1. The second kappa shape index (κ2) is 8.23. The monoisotopic (exact) mass is 268 g/mol. The molecule has 2 aliphatic heterocycles. The average molecular weight is 268 g/mol. The molecule has 0 aromatic carbocycles. The fourth-order valence-corrected chi connectivity index (χ4v) is 3.43. The van der Waals surface area contributed by atoms with Gasteiger partial charge in [-0.05, 0) is 65.0 Å². The van der Waals surface area contributed by atoms with Gasteiger partial charge in [-0.2, -0.15) is 0 Å². The van der Waals surface area contributed by atoms with E-state index >= 15 is 0 Å². The first kappa shape index (κ1) is 15.3. The van der Waals surface area contributed by atoms with Crippen LogP contribution in [0, 0.1) is 0 Å². The van der Waals surface area contributed by atoms with Gasteiger partial charge in [0.05, 0.1) is 6.10 Å². The van der Waals surface area contributed by atoms with Crippen LogP contribution >= 0.6 is 0 Å². The molecule has 3 nitrogen and oxygen atoms in total. The molecule has 2 rings (SSSR count). The minimum atomic E-state index is 0.539. The first-order valence-corrected chi connectivity index (χ1v) is 8.38. The Bertz CT molecular complexity index is 241. The fraction of sp³-hybridized carbons (Fsp3) is 1.00. The summed E-state index contributed by atoms with van der Waals surface area (Å²) < 4.78 is 5.84. The van der Waals surface area contributed by atoms with Crippen LogP contribution in [0.2, 0.25) is 0 Å². The van der Waals surface area contributed by atoms with Crippen molar-refractivity contribution >= 4 is 0 Å². The third-order valence-corrected chi connectivity index (χ3v) is 4.71. The van der Waals surface area contributed by atoms with Crippen molar-refractivity contribution < 1.29 is 4.74 Å². The molecule has 1 N–H and O–H groups in total. The van der Waals surface area contributed by atoms with Gasteiger partial charge in [0.15, 0.2) is 0 Å². The van der Waals surface area contributed by atoms with Crippen molar-refractivity contribution in [3.63, 3.8) is 0 Å². The van der Waals surface area contributed by atoms with E-state index < -0.39 is 0 Å². The van der Waals surface area contributed by atoms with Crippen LogP contribution in [0.1, 0.15) is 58.8 Å². The van der Waals surface area contributed by atoms with Gasteiger partial charge in [0.1, 0.15) is 0 Å². The summed E-state index contributed by atoms with van der Waals surface area (Å²) in [5, 5.41) is 3.68. The van der Waals surface area contributed by atoms with Gasteiger partial charge in [0.2, 0.25) is 0 Å². The molecule has 3 atom stereocenters. The van der Waals surface area contributed by atoms with E-state index in [-0.39, 0.29) is 0 Å². The summed E-state index contributed by atoms with van der Waals surface area (Å²) in [5.74, 6) is 0. The number of hydrogen-bond acceptors (Lipinski definition) is 3. The Morgan fingerprint density at radius 3 is 2.84 bits per heavy atom. The summed E-state index contributed by atoms with van der Waals surface area (Å²) in [5.41, 5.74) is 0. The summed E-state index contributed by atoms with van der Waals surface area (Å²) in [7, 11) is 0. The Morgan fingerprint density at radius 1 is 1.26 bits per heavy atom. The maximum Gasteiger partial charge on any atom is 0.0587 e. The Kier molecular flexibility index (Phi) is 6.62. The summed E-state index contributed by atoms with van der Waals surface area (Å²) in [6, 6.07) is 1.48. The van der Waals surface area contributed by atoms with Crippen LogP contribution in [0.15, 0.2) is 0 Å².